The lowest BCUT2D eigenvalue weighted by Crippen LogP contribution is -2.27. The Morgan fingerprint density at radius 1 is 1.15 bits per heavy atom. The molecule has 2 aromatic carbocycles. The molecule has 2 aromatic rings. The zero-order chi connectivity index (χ0) is 14.7. The summed E-state index contributed by atoms with van der Waals surface area (Å²) in [5.74, 6) is -2.32. The first-order valence-corrected chi connectivity index (χ1v) is 6.03. The molecule has 0 radical (unpaired) electrons. The molecule has 0 spiro atoms. The lowest BCUT2D eigenvalue weighted by Gasteiger charge is -2.15. The largest absolute Gasteiger partial charge is 0.507 e. The van der Waals surface area contributed by atoms with Gasteiger partial charge in [-0.25, -0.2) is 8.78 Å². The van der Waals surface area contributed by atoms with Crippen LogP contribution in [0.3, 0.4) is 0 Å². The van der Waals surface area contributed by atoms with Gasteiger partial charge in [-0.15, -0.1) is 0 Å². The van der Waals surface area contributed by atoms with Gasteiger partial charge in [0.15, 0.2) is 0 Å². The van der Waals surface area contributed by atoms with Gasteiger partial charge in [0.25, 0.3) is 5.91 Å². The second-order valence-corrected chi connectivity index (χ2v) is 4.38. The number of carbonyl (C=O) groups is 1. The van der Waals surface area contributed by atoms with E-state index in [4.69, 9.17) is 0 Å². The molecule has 1 amide bonds. The molecule has 5 heteroatoms. The van der Waals surface area contributed by atoms with Gasteiger partial charge in [0.05, 0.1) is 6.04 Å². The molecular formula is C15H13F2NO2. The molecule has 20 heavy (non-hydrogen) atoms. The molecule has 0 aliphatic rings. The average molecular weight is 277 g/mol. The molecule has 0 heterocycles. The summed E-state index contributed by atoms with van der Waals surface area (Å²) < 4.78 is 26.3. The zero-order valence-corrected chi connectivity index (χ0v) is 10.7. The van der Waals surface area contributed by atoms with Gasteiger partial charge in [0, 0.05) is 0 Å². The molecule has 2 rings (SSSR count). The van der Waals surface area contributed by atoms with Crippen molar-refractivity contribution in [3.05, 3.63) is 65.2 Å². The smallest absolute Gasteiger partial charge is 0.258 e. The van der Waals surface area contributed by atoms with E-state index in [-0.39, 0.29) is 5.82 Å². The van der Waals surface area contributed by atoms with E-state index < -0.39 is 29.1 Å². The van der Waals surface area contributed by atoms with Crippen molar-refractivity contribution in [3.8, 4) is 5.75 Å². The van der Waals surface area contributed by atoms with Gasteiger partial charge >= 0.3 is 0 Å². The van der Waals surface area contributed by atoms with Crippen LogP contribution in [0.5, 0.6) is 5.75 Å². The topological polar surface area (TPSA) is 49.3 Å². The Morgan fingerprint density at radius 2 is 1.80 bits per heavy atom. The molecule has 0 saturated heterocycles. The Morgan fingerprint density at radius 3 is 2.40 bits per heavy atom. The highest BCUT2D eigenvalue weighted by Crippen LogP contribution is 2.21. The van der Waals surface area contributed by atoms with Crippen LogP contribution in [0.15, 0.2) is 42.5 Å². The van der Waals surface area contributed by atoms with Crippen LogP contribution >= 0.6 is 0 Å². The third-order valence-corrected chi connectivity index (χ3v) is 2.94. The van der Waals surface area contributed by atoms with Crippen molar-refractivity contribution in [3.63, 3.8) is 0 Å². The number of phenols is 1. The summed E-state index contributed by atoms with van der Waals surface area (Å²) in [7, 11) is 0. The van der Waals surface area contributed by atoms with Crippen molar-refractivity contribution in [2.24, 2.45) is 0 Å². The van der Waals surface area contributed by atoms with Gasteiger partial charge in [0.1, 0.15) is 22.9 Å². The predicted octanol–water partition coefficient (Wildman–Crippen LogP) is 3.16. The second-order valence-electron chi connectivity index (χ2n) is 4.38. The number of nitrogens with one attached hydrogen (secondary N) is 1. The summed E-state index contributed by atoms with van der Waals surface area (Å²) in [6.07, 6.45) is 0. The van der Waals surface area contributed by atoms with Crippen molar-refractivity contribution in [2.45, 2.75) is 13.0 Å². The fourth-order valence-electron chi connectivity index (χ4n) is 1.84. The van der Waals surface area contributed by atoms with E-state index in [1.165, 1.54) is 36.4 Å². The third kappa shape index (κ3) is 2.93. The molecule has 0 aliphatic carbocycles. The molecule has 3 nitrogen and oxygen atoms in total. The highest BCUT2D eigenvalue weighted by molar-refractivity contribution is 5.97. The molecule has 1 unspecified atom stereocenters. The Bertz CT molecular complexity index is 606. The van der Waals surface area contributed by atoms with E-state index in [0.29, 0.717) is 5.56 Å². The number of hydrogen-bond donors (Lipinski definition) is 2. The minimum atomic E-state index is -0.797. The van der Waals surface area contributed by atoms with E-state index in [0.717, 1.165) is 6.07 Å². The van der Waals surface area contributed by atoms with Crippen LogP contribution in [0, 0.1) is 11.6 Å². The first kappa shape index (κ1) is 14.0. The monoisotopic (exact) mass is 277 g/mol. The second kappa shape index (κ2) is 5.69. The van der Waals surface area contributed by atoms with Gasteiger partial charge in [-0.05, 0) is 36.8 Å². The maximum atomic E-state index is 13.5. The lowest BCUT2D eigenvalue weighted by molar-refractivity contribution is 0.0933. The van der Waals surface area contributed by atoms with Crippen LogP contribution in [-0.4, -0.2) is 11.0 Å². The highest BCUT2D eigenvalue weighted by Gasteiger charge is 2.18. The van der Waals surface area contributed by atoms with Crippen LogP contribution in [0.4, 0.5) is 8.78 Å². The van der Waals surface area contributed by atoms with E-state index >= 15 is 0 Å². The van der Waals surface area contributed by atoms with Crippen LogP contribution in [0.1, 0.15) is 28.9 Å². The lowest BCUT2D eigenvalue weighted by atomic mass is 10.1. The average Bonchev–Trinajstić information content (AvgIpc) is 2.39. The molecule has 0 bridgehead atoms. The van der Waals surface area contributed by atoms with Crippen molar-refractivity contribution >= 4 is 5.91 Å². The quantitative estimate of drug-likeness (QED) is 0.905. The van der Waals surface area contributed by atoms with Crippen molar-refractivity contribution in [1.82, 2.24) is 5.32 Å². The number of benzene rings is 2. The van der Waals surface area contributed by atoms with Crippen LogP contribution in [0.25, 0.3) is 0 Å². The summed E-state index contributed by atoms with van der Waals surface area (Å²) in [6, 6.07) is 8.81. The third-order valence-electron chi connectivity index (χ3n) is 2.94. The van der Waals surface area contributed by atoms with Gasteiger partial charge < -0.3 is 10.4 Å². The Kier molecular flexibility index (Phi) is 3.98. The molecule has 2 N–H and O–H groups in total. The van der Waals surface area contributed by atoms with Gasteiger partial charge in [-0.1, -0.05) is 18.2 Å². The number of carbonyl (C=O) groups excluding carboxylic acids is 1. The Balaban J connectivity index is 2.17. The number of halogens is 2. The zero-order valence-electron chi connectivity index (χ0n) is 10.7. The molecule has 104 valence electrons. The highest BCUT2D eigenvalue weighted by atomic mass is 19.1. The number of phenolic OH excluding ortho intramolecular Hbond substituents is 1. The summed E-state index contributed by atoms with van der Waals surface area (Å²) >= 11 is 0. The van der Waals surface area contributed by atoms with Gasteiger partial charge in [0.2, 0.25) is 0 Å². The fourth-order valence-corrected chi connectivity index (χ4v) is 1.84. The molecule has 1 atom stereocenters. The predicted molar refractivity (Wildman–Crippen MR) is 70.3 cm³/mol. The summed E-state index contributed by atoms with van der Waals surface area (Å²) in [5.41, 5.74) is 0.275. The van der Waals surface area contributed by atoms with Crippen molar-refractivity contribution < 1.29 is 18.7 Å². The number of hydrogen-bond acceptors (Lipinski definition) is 2. The van der Waals surface area contributed by atoms with Gasteiger partial charge in [-0.2, -0.15) is 0 Å². The van der Waals surface area contributed by atoms with Gasteiger partial charge in [-0.3, -0.25) is 4.79 Å². The molecule has 0 aromatic heterocycles. The summed E-state index contributed by atoms with van der Waals surface area (Å²) in [6.45, 7) is 1.68. The first-order valence-electron chi connectivity index (χ1n) is 6.03. The van der Waals surface area contributed by atoms with Crippen LogP contribution in [0.2, 0.25) is 0 Å². The molecular weight excluding hydrogens is 264 g/mol. The Labute approximate surface area is 114 Å². The maximum Gasteiger partial charge on any atom is 0.258 e. The SMILES string of the molecule is CC(NC(=O)c1c(O)cccc1F)c1ccc(F)cc1. The molecule has 0 fully saturated rings. The standard InChI is InChI=1S/C15H13F2NO2/c1-9(10-5-7-11(16)8-6-10)18-15(20)14-12(17)3-2-4-13(14)19/h2-9,19H,1H3,(H,18,20). The van der Waals surface area contributed by atoms with E-state index in [2.05, 4.69) is 5.32 Å². The van der Waals surface area contributed by atoms with E-state index in [1.54, 1.807) is 6.92 Å². The normalized spacial score (nSPS) is 11.9. The molecule has 0 saturated carbocycles. The van der Waals surface area contributed by atoms with E-state index in [1.807, 2.05) is 0 Å². The molecule has 0 aliphatic heterocycles. The first-order chi connectivity index (χ1) is 9.49. The van der Waals surface area contributed by atoms with Crippen molar-refractivity contribution in [2.75, 3.05) is 0 Å². The minimum Gasteiger partial charge on any atom is -0.507 e. The number of amides is 1. The summed E-state index contributed by atoms with van der Waals surface area (Å²) in [4.78, 5) is 12.0. The van der Waals surface area contributed by atoms with Crippen LogP contribution < -0.4 is 5.32 Å². The van der Waals surface area contributed by atoms with E-state index in [9.17, 15) is 18.7 Å². The minimum absolute atomic E-state index is 0.376. The fraction of sp³-hybridized carbons (Fsp3) is 0.133. The summed E-state index contributed by atoms with van der Waals surface area (Å²) in [5, 5.41) is 12.1. The Hall–Kier alpha value is -2.43. The number of rotatable bonds is 3. The maximum absolute atomic E-state index is 13.5. The number of aromatic hydroxyl groups is 1. The van der Waals surface area contributed by atoms with Crippen LogP contribution in [-0.2, 0) is 0 Å². The van der Waals surface area contributed by atoms with Crippen molar-refractivity contribution in [1.29, 1.82) is 0 Å².